The molecule has 2 aliphatic carbocycles. The zero-order valence-electron chi connectivity index (χ0n) is 10.8. The monoisotopic (exact) mass is 329 g/mol. The quantitative estimate of drug-likeness (QED) is 0.809. The van der Waals surface area contributed by atoms with Crippen molar-refractivity contribution in [2.45, 2.75) is 44.1 Å². The van der Waals surface area contributed by atoms with Crippen LogP contribution in [-0.2, 0) is 0 Å². The fourth-order valence-corrected chi connectivity index (χ4v) is 3.50. The molecular formula is C15H18BrF2N. The molecule has 4 heteroatoms. The van der Waals surface area contributed by atoms with Gasteiger partial charge in [0.05, 0.1) is 4.47 Å². The van der Waals surface area contributed by atoms with Crippen LogP contribution in [0.2, 0.25) is 0 Å². The Kier molecular flexibility index (Phi) is 3.90. The number of benzene rings is 1. The molecule has 2 atom stereocenters. The van der Waals surface area contributed by atoms with Gasteiger partial charge in [0.25, 0.3) is 0 Å². The minimum atomic E-state index is -0.414. The lowest BCUT2D eigenvalue weighted by Gasteiger charge is -2.22. The van der Waals surface area contributed by atoms with Crippen LogP contribution in [0.25, 0.3) is 0 Å². The van der Waals surface area contributed by atoms with Gasteiger partial charge in [0, 0.05) is 11.6 Å². The van der Waals surface area contributed by atoms with E-state index < -0.39 is 11.6 Å². The maximum Gasteiger partial charge on any atom is 0.143 e. The number of nitrogens with one attached hydrogen (secondary N) is 1. The third-order valence-corrected chi connectivity index (χ3v) is 4.97. The van der Waals surface area contributed by atoms with Crippen LogP contribution in [0.15, 0.2) is 16.6 Å². The summed E-state index contributed by atoms with van der Waals surface area (Å²) in [5, 5.41) is 3.50. The second-order valence-electron chi connectivity index (χ2n) is 5.74. The van der Waals surface area contributed by atoms with Gasteiger partial charge in [-0.15, -0.1) is 0 Å². The normalized spacial score (nSPS) is 26.9. The van der Waals surface area contributed by atoms with Crippen LogP contribution in [-0.4, -0.2) is 12.6 Å². The SMILES string of the molecule is Fc1ccc(Br)c(F)c1C1CCCC1CNC1CC1. The van der Waals surface area contributed by atoms with E-state index in [9.17, 15) is 8.78 Å². The number of halogens is 3. The molecule has 2 fully saturated rings. The van der Waals surface area contributed by atoms with Crippen molar-refractivity contribution >= 4 is 15.9 Å². The highest BCUT2D eigenvalue weighted by Crippen LogP contribution is 2.42. The lowest BCUT2D eigenvalue weighted by molar-refractivity contribution is 0.415. The molecule has 2 aliphatic rings. The first-order chi connectivity index (χ1) is 9.16. The van der Waals surface area contributed by atoms with Crippen LogP contribution in [0.3, 0.4) is 0 Å². The molecule has 104 valence electrons. The molecular weight excluding hydrogens is 312 g/mol. The predicted molar refractivity (Wildman–Crippen MR) is 75.2 cm³/mol. The van der Waals surface area contributed by atoms with Crippen LogP contribution in [0.4, 0.5) is 8.78 Å². The van der Waals surface area contributed by atoms with Crippen molar-refractivity contribution in [1.29, 1.82) is 0 Å². The van der Waals surface area contributed by atoms with Gasteiger partial charge in [0.1, 0.15) is 11.6 Å². The Bertz CT molecular complexity index is 473. The molecule has 19 heavy (non-hydrogen) atoms. The molecule has 1 aromatic carbocycles. The van der Waals surface area contributed by atoms with E-state index in [2.05, 4.69) is 21.2 Å². The topological polar surface area (TPSA) is 12.0 Å². The maximum absolute atomic E-state index is 14.2. The molecule has 0 amide bonds. The van der Waals surface area contributed by atoms with E-state index in [4.69, 9.17) is 0 Å². The van der Waals surface area contributed by atoms with Crippen LogP contribution in [0, 0.1) is 17.6 Å². The first kappa shape index (κ1) is 13.5. The van der Waals surface area contributed by atoms with Crippen LogP contribution in [0.1, 0.15) is 43.6 Å². The lowest BCUT2D eigenvalue weighted by Crippen LogP contribution is -2.27. The zero-order valence-corrected chi connectivity index (χ0v) is 12.3. The minimum absolute atomic E-state index is 0.0174. The Morgan fingerprint density at radius 2 is 1.95 bits per heavy atom. The molecule has 0 aliphatic heterocycles. The third kappa shape index (κ3) is 2.84. The number of rotatable bonds is 4. The summed E-state index contributed by atoms with van der Waals surface area (Å²) in [7, 11) is 0. The summed E-state index contributed by atoms with van der Waals surface area (Å²) in [6, 6.07) is 3.46. The summed E-state index contributed by atoms with van der Waals surface area (Å²) in [5.41, 5.74) is 0.287. The smallest absolute Gasteiger partial charge is 0.143 e. The molecule has 0 aromatic heterocycles. The van der Waals surface area contributed by atoms with E-state index in [0.717, 1.165) is 25.8 Å². The molecule has 0 heterocycles. The number of hydrogen-bond acceptors (Lipinski definition) is 1. The predicted octanol–water partition coefficient (Wildman–Crippen LogP) is 4.36. The molecule has 0 bridgehead atoms. The average Bonchev–Trinajstić information content (AvgIpc) is 3.12. The molecule has 1 aromatic rings. The fraction of sp³-hybridized carbons (Fsp3) is 0.600. The molecule has 2 unspecified atom stereocenters. The van der Waals surface area contributed by atoms with Crippen molar-refractivity contribution in [3.05, 3.63) is 33.8 Å². The third-order valence-electron chi connectivity index (χ3n) is 4.36. The summed E-state index contributed by atoms with van der Waals surface area (Å²) in [6.07, 6.45) is 5.51. The molecule has 2 saturated carbocycles. The van der Waals surface area contributed by atoms with Gasteiger partial charge in [-0.1, -0.05) is 6.42 Å². The summed E-state index contributed by atoms with van der Waals surface area (Å²) in [6.45, 7) is 0.890. The van der Waals surface area contributed by atoms with Gasteiger partial charge in [-0.3, -0.25) is 0 Å². The van der Waals surface area contributed by atoms with Gasteiger partial charge in [0.2, 0.25) is 0 Å². The summed E-state index contributed by atoms with van der Waals surface area (Å²) in [5.74, 6) is -0.435. The zero-order chi connectivity index (χ0) is 13.4. The van der Waals surface area contributed by atoms with E-state index in [-0.39, 0.29) is 11.5 Å². The molecule has 1 N–H and O–H groups in total. The van der Waals surface area contributed by atoms with E-state index in [1.54, 1.807) is 0 Å². The number of hydrogen-bond donors (Lipinski definition) is 1. The molecule has 0 spiro atoms. The molecule has 0 radical (unpaired) electrons. The molecule has 1 nitrogen and oxygen atoms in total. The minimum Gasteiger partial charge on any atom is -0.314 e. The summed E-state index contributed by atoms with van der Waals surface area (Å²) in [4.78, 5) is 0. The van der Waals surface area contributed by atoms with Gasteiger partial charge < -0.3 is 5.32 Å². The Morgan fingerprint density at radius 3 is 2.68 bits per heavy atom. The van der Waals surface area contributed by atoms with E-state index in [1.807, 2.05) is 0 Å². The van der Waals surface area contributed by atoms with Gasteiger partial charge in [-0.25, -0.2) is 8.78 Å². The average molecular weight is 330 g/mol. The summed E-state index contributed by atoms with van der Waals surface area (Å²) >= 11 is 3.16. The van der Waals surface area contributed by atoms with Gasteiger partial charge >= 0.3 is 0 Å². The fourth-order valence-electron chi connectivity index (χ4n) is 3.15. The second kappa shape index (κ2) is 5.49. The Morgan fingerprint density at radius 1 is 1.16 bits per heavy atom. The lowest BCUT2D eigenvalue weighted by atomic mass is 9.88. The van der Waals surface area contributed by atoms with Gasteiger partial charge in [-0.2, -0.15) is 0 Å². The highest BCUT2D eigenvalue weighted by Gasteiger charge is 2.34. The van der Waals surface area contributed by atoms with Gasteiger partial charge in [-0.05, 0) is 72.1 Å². The highest BCUT2D eigenvalue weighted by molar-refractivity contribution is 9.10. The van der Waals surface area contributed by atoms with Gasteiger partial charge in [0.15, 0.2) is 0 Å². The van der Waals surface area contributed by atoms with E-state index >= 15 is 0 Å². The van der Waals surface area contributed by atoms with Crippen molar-refractivity contribution in [3.8, 4) is 0 Å². The Labute approximate surface area is 120 Å². The van der Waals surface area contributed by atoms with Crippen LogP contribution < -0.4 is 5.32 Å². The van der Waals surface area contributed by atoms with E-state index in [1.165, 1.54) is 25.0 Å². The molecule has 0 saturated heterocycles. The van der Waals surface area contributed by atoms with Crippen molar-refractivity contribution in [2.75, 3.05) is 6.54 Å². The van der Waals surface area contributed by atoms with Crippen molar-refractivity contribution in [3.63, 3.8) is 0 Å². The maximum atomic E-state index is 14.2. The van der Waals surface area contributed by atoms with Crippen molar-refractivity contribution < 1.29 is 8.78 Å². The van der Waals surface area contributed by atoms with Crippen LogP contribution >= 0.6 is 15.9 Å². The standard InChI is InChI=1S/C15H18BrF2N/c16-12-6-7-13(17)14(15(12)18)11-3-1-2-9(11)8-19-10-4-5-10/h6-7,9-11,19H,1-5,8H2. The largest absolute Gasteiger partial charge is 0.314 e. The first-order valence-electron chi connectivity index (χ1n) is 7.03. The summed E-state index contributed by atoms with van der Waals surface area (Å²) < 4.78 is 28.5. The first-order valence-corrected chi connectivity index (χ1v) is 7.83. The van der Waals surface area contributed by atoms with Crippen molar-refractivity contribution in [1.82, 2.24) is 5.32 Å². The molecule has 3 rings (SSSR count). The van der Waals surface area contributed by atoms with E-state index in [0.29, 0.717) is 16.4 Å². The highest BCUT2D eigenvalue weighted by atomic mass is 79.9. The second-order valence-corrected chi connectivity index (χ2v) is 6.59. The Hall–Kier alpha value is -0.480. The van der Waals surface area contributed by atoms with Crippen molar-refractivity contribution in [2.24, 2.45) is 5.92 Å². The van der Waals surface area contributed by atoms with Crippen LogP contribution in [0.5, 0.6) is 0 Å². The Balaban J connectivity index is 1.81.